The fraction of sp³-hybridized carbons (Fsp3) is 0.588. The number of amides is 1. The van der Waals surface area contributed by atoms with Crippen molar-refractivity contribution in [2.45, 2.75) is 33.6 Å². The normalized spacial score (nSPS) is 20.6. The molecule has 1 aliphatic carbocycles. The van der Waals surface area contributed by atoms with Crippen LogP contribution in [0.1, 0.15) is 42.6 Å². The quantitative estimate of drug-likeness (QED) is 0.860. The van der Waals surface area contributed by atoms with Gasteiger partial charge in [-0.05, 0) is 49.3 Å². The van der Waals surface area contributed by atoms with Gasteiger partial charge in [-0.2, -0.15) is 0 Å². The number of rotatable bonds is 6. The molecule has 1 aromatic carbocycles. The number of aryl methyl sites for hydroxylation is 1. The Morgan fingerprint density at radius 1 is 1.45 bits per heavy atom. The zero-order valence-corrected chi connectivity index (χ0v) is 13.1. The monoisotopic (exact) mass is 274 g/mol. The molecule has 1 aliphatic rings. The number of hydrogen-bond donors (Lipinski definition) is 1. The van der Waals surface area contributed by atoms with Gasteiger partial charge in [0.25, 0.3) is 5.91 Å². The molecule has 1 N–H and O–H groups in total. The maximum absolute atomic E-state index is 12.6. The van der Waals surface area contributed by atoms with Crippen molar-refractivity contribution in [2.24, 2.45) is 11.8 Å². The first-order valence-corrected chi connectivity index (χ1v) is 7.63. The van der Waals surface area contributed by atoms with Gasteiger partial charge in [0, 0.05) is 25.8 Å². The molecule has 1 amide bonds. The van der Waals surface area contributed by atoms with E-state index in [1.165, 1.54) is 12.0 Å². The summed E-state index contributed by atoms with van der Waals surface area (Å²) in [5.74, 6) is 1.60. The predicted octanol–water partition coefficient (Wildman–Crippen LogP) is 3.54. The highest BCUT2D eigenvalue weighted by molar-refractivity contribution is 5.99. The fourth-order valence-corrected chi connectivity index (χ4v) is 2.54. The number of nitrogens with one attached hydrogen (secondary N) is 1. The largest absolute Gasteiger partial charge is 0.384 e. The minimum absolute atomic E-state index is 0.128. The number of nitrogens with zero attached hydrogens (tertiary/aromatic N) is 1. The lowest BCUT2D eigenvalue weighted by Crippen LogP contribution is -2.29. The molecule has 0 aromatic heterocycles. The minimum atomic E-state index is 0.128. The molecule has 0 bridgehead atoms. The Morgan fingerprint density at radius 3 is 2.75 bits per heavy atom. The molecule has 0 saturated heterocycles. The molecule has 20 heavy (non-hydrogen) atoms. The van der Waals surface area contributed by atoms with E-state index in [9.17, 15) is 4.79 Å². The fourth-order valence-electron chi connectivity index (χ4n) is 2.54. The van der Waals surface area contributed by atoms with E-state index in [0.717, 1.165) is 36.7 Å². The van der Waals surface area contributed by atoms with Crippen molar-refractivity contribution >= 4 is 11.6 Å². The third kappa shape index (κ3) is 3.53. The van der Waals surface area contributed by atoms with Crippen molar-refractivity contribution < 1.29 is 4.79 Å². The Kier molecular flexibility index (Phi) is 4.69. The summed E-state index contributed by atoms with van der Waals surface area (Å²) in [7, 11) is 1.91. The van der Waals surface area contributed by atoms with Gasteiger partial charge in [-0.25, -0.2) is 0 Å². The summed E-state index contributed by atoms with van der Waals surface area (Å²) in [6, 6.07) is 6.02. The van der Waals surface area contributed by atoms with Crippen LogP contribution in [0.15, 0.2) is 18.2 Å². The number of benzene rings is 1. The minimum Gasteiger partial charge on any atom is -0.384 e. The summed E-state index contributed by atoms with van der Waals surface area (Å²) < 4.78 is 0. The molecule has 1 fully saturated rings. The van der Waals surface area contributed by atoms with Crippen LogP contribution in [0.4, 0.5) is 5.69 Å². The van der Waals surface area contributed by atoms with Crippen LogP contribution in [-0.4, -0.2) is 30.9 Å². The zero-order valence-electron chi connectivity index (χ0n) is 13.1. The maximum Gasteiger partial charge on any atom is 0.255 e. The number of hydrogen-bond acceptors (Lipinski definition) is 2. The highest BCUT2D eigenvalue weighted by Gasteiger charge is 2.34. The van der Waals surface area contributed by atoms with Crippen LogP contribution in [0.25, 0.3) is 0 Å². The van der Waals surface area contributed by atoms with Crippen molar-refractivity contribution in [2.75, 3.05) is 25.5 Å². The Hall–Kier alpha value is -1.51. The smallest absolute Gasteiger partial charge is 0.255 e. The maximum atomic E-state index is 12.6. The van der Waals surface area contributed by atoms with Crippen LogP contribution >= 0.6 is 0 Å². The van der Waals surface area contributed by atoms with Crippen LogP contribution in [0.5, 0.6) is 0 Å². The lowest BCUT2D eigenvalue weighted by atomic mass is 10.1. The van der Waals surface area contributed by atoms with Gasteiger partial charge in [0.05, 0.1) is 5.56 Å². The van der Waals surface area contributed by atoms with Crippen LogP contribution in [0.3, 0.4) is 0 Å². The number of anilines is 1. The Balaban J connectivity index is 2.10. The molecule has 2 unspecified atom stereocenters. The van der Waals surface area contributed by atoms with Crippen molar-refractivity contribution in [3.05, 3.63) is 29.3 Å². The lowest BCUT2D eigenvalue weighted by Gasteiger charge is -2.20. The van der Waals surface area contributed by atoms with Crippen molar-refractivity contribution in [1.82, 2.24) is 4.90 Å². The number of carbonyl (C=O) groups is 1. The topological polar surface area (TPSA) is 32.3 Å². The van der Waals surface area contributed by atoms with Crippen molar-refractivity contribution in [1.29, 1.82) is 0 Å². The van der Waals surface area contributed by atoms with Gasteiger partial charge in [0.15, 0.2) is 0 Å². The van der Waals surface area contributed by atoms with E-state index in [1.807, 2.05) is 24.1 Å². The summed E-state index contributed by atoms with van der Waals surface area (Å²) in [4.78, 5) is 14.5. The Labute approximate surface area is 122 Å². The first-order chi connectivity index (χ1) is 9.52. The van der Waals surface area contributed by atoms with E-state index in [0.29, 0.717) is 5.92 Å². The molecule has 0 spiro atoms. The molecule has 1 saturated carbocycles. The molecule has 2 rings (SSSR count). The average Bonchev–Trinajstić information content (AvgIpc) is 3.11. The first kappa shape index (κ1) is 14.9. The highest BCUT2D eigenvalue weighted by Crippen LogP contribution is 2.38. The lowest BCUT2D eigenvalue weighted by molar-refractivity contribution is 0.0788. The molecule has 2 atom stereocenters. The molecule has 0 aliphatic heterocycles. The van der Waals surface area contributed by atoms with E-state index in [1.54, 1.807) is 0 Å². The SMILES string of the molecule is CCCNc1cc(C)ccc1C(=O)N(C)CC1CC1C. The summed E-state index contributed by atoms with van der Waals surface area (Å²) in [5, 5.41) is 3.37. The molecule has 0 heterocycles. The molecular weight excluding hydrogens is 248 g/mol. The molecule has 110 valence electrons. The van der Waals surface area contributed by atoms with E-state index < -0.39 is 0 Å². The summed E-state index contributed by atoms with van der Waals surface area (Å²) >= 11 is 0. The molecule has 0 radical (unpaired) electrons. The summed E-state index contributed by atoms with van der Waals surface area (Å²) in [5.41, 5.74) is 2.94. The molecular formula is C17H26N2O. The van der Waals surface area contributed by atoms with Crippen LogP contribution in [-0.2, 0) is 0 Å². The first-order valence-electron chi connectivity index (χ1n) is 7.63. The van der Waals surface area contributed by atoms with Crippen LogP contribution in [0, 0.1) is 18.8 Å². The molecule has 1 aromatic rings. The van der Waals surface area contributed by atoms with Gasteiger partial charge in [0.2, 0.25) is 0 Å². The van der Waals surface area contributed by atoms with Gasteiger partial charge >= 0.3 is 0 Å². The van der Waals surface area contributed by atoms with Gasteiger partial charge in [-0.15, -0.1) is 0 Å². The second kappa shape index (κ2) is 6.29. The third-order valence-electron chi connectivity index (χ3n) is 4.10. The van der Waals surface area contributed by atoms with Crippen LogP contribution in [0.2, 0.25) is 0 Å². The van der Waals surface area contributed by atoms with E-state index in [2.05, 4.69) is 32.2 Å². The Morgan fingerprint density at radius 2 is 2.15 bits per heavy atom. The van der Waals surface area contributed by atoms with Gasteiger partial charge in [-0.3, -0.25) is 4.79 Å². The van der Waals surface area contributed by atoms with E-state index in [4.69, 9.17) is 0 Å². The second-order valence-corrected chi connectivity index (χ2v) is 6.13. The zero-order chi connectivity index (χ0) is 14.7. The average molecular weight is 274 g/mol. The van der Waals surface area contributed by atoms with Crippen LogP contribution < -0.4 is 5.32 Å². The predicted molar refractivity (Wildman–Crippen MR) is 84.2 cm³/mol. The standard InChI is InChI=1S/C17H26N2O/c1-5-8-18-16-9-12(2)6-7-15(16)17(20)19(4)11-14-10-13(14)3/h6-7,9,13-14,18H,5,8,10-11H2,1-4H3. The summed E-state index contributed by atoms with van der Waals surface area (Å²) in [6.45, 7) is 8.21. The number of carbonyl (C=O) groups excluding carboxylic acids is 1. The van der Waals surface area contributed by atoms with Crippen molar-refractivity contribution in [3.63, 3.8) is 0 Å². The molecule has 3 nitrogen and oxygen atoms in total. The van der Waals surface area contributed by atoms with Crippen molar-refractivity contribution in [3.8, 4) is 0 Å². The van der Waals surface area contributed by atoms with Gasteiger partial charge in [0.1, 0.15) is 0 Å². The summed E-state index contributed by atoms with van der Waals surface area (Å²) in [6.07, 6.45) is 2.31. The van der Waals surface area contributed by atoms with Gasteiger partial charge < -0.3 is 10.2 Å². The van der Waals surface area contributed by atoms with E-state index >= 15 is 0 Å². The van der Waals surface area contributed by atoms with E-state index in [-0.39, 0.29) is 5.91 Å². The second-order valence-electron chi connectivity index (χ2n) is 6.13. The van der Waals surface area contributed by atoms with Gasteiger partial charge in [-0.1, -0.05) is 19.9 Å². The Bertz CT molecular complexity index is 484. The third-order valence-corrected chi connectivity index (χ3v) is 4.10. The highest BCUT2D eigenvalue weighted by atomic mass is 16.2. The molecule has 3 heteroatoms.